The smallest absolute Gasteiger partial charge is 0.409 e. The van der Waals surface area contributed by atoms with Crippen molar-refractivity contribution in [1.82, 2.24) is 4.90 Å². The molecule has 40 heavy (non-hydrogen) atoms. The fourth-order valence-corrected chi connectivity index (χ4v) is 6.22. The third-order valence-corrected chi connectivity index (χ3v) is 8.12. The van der Waals surface area contributed by atoms with E-state index in [9.17, 15) is 19.2 Å². The largest absolute Gasteiger partial charge is 0.450 e. The zero-order chi connectivity index (χ0) is 28.0. The summed E-state index contributed by atoms with van der Waals surface area (Å²) in [6.45, 7) is 2.67. The Hall–Kier alpha value is -4.37. The number of halogens is 1. The van der Waals surface area contributed by atoms with Crippen LogP contribution in [0.4, 0.5) is 26.7 Å². The van der Waals surface area contributed by atoms with Gasteiger partial charge in [0, 0.05) is 30.3 Å². The molecule has 3 aromatic rings. The van der Waals surface area contributed by atoms with Crippen molar-refractivity contribution in [2.75, 3.05) is 40.9 Å². The fourth-order valence-electron chi connectivity index (χ4n) is 6.06. The number of carbonyl (C=O) groups is 4. The fraction of sp³-hybridized carbons (Fsp3) is 0.267. The lowest BCUT2D eigenvalue weighted by Gasteiger charge is -2.56. The summed E-state index contributed by atoms with van der Waals surface area (Å²) in [7, 11) is 0. The molecule has 0 bridgehead atoms. The van der Waals surface area contributed by atoms with Gasteiger partial charge in [-0.05, 0) is 55.3 Å². The number of nitrogens with zero attached hydrogens (tertiary/aromatic N) is 4. The molecule has 5 amide bonds. The molecule has 0 saturated carbocycles. The topological polar surface area (TPSA) is 90.5 Å². The number of anilines is 3. The molecule has 2 saturated heterocycles. The number of imide groups is 2. The van der Waals surface area contributed by atoms with E-state index in [0.717, 1.165) is 21.1 Å². The molecule has 0 aliphatic carbocycles. The predicted octanol–water partition coefficient (Wildman–Crippen LogP) is 4.73. The van der Waals surface area contributed by atoms with Crippen LogP contribution in [0.3, 0.4) is 0 Å². The number of ether oxygens (including phenoxy) is 1. The molecule has 0 radical (unpaired) electrons. The first kappa shape index (κ1) is 25.9. The van der Waals surface area contributed by atoms with E-state index in [1.165, 1.54) is 4.90 Å². The Morgan fingerprint density at radius 3 is 2.08 bits per heavy atom. The molecule has 10 heteroatoms. The minimum Gasteiger partial charge on any atom is -0.450 e. The van der Waals surface area contributed by atoms with Gasteiger partial charge in [-0.15, -0.1) is 0 Å². The lowest BCUT2D eigenvalue weighted by Crippen LogP contribution is -2.76. The molecule has 2 fully saturated rings. The van der Waals surface area contributed by atoms with Crippen LogP contribution in [0, 0.1) is 5.41 Å². The second-order valence-electron chi connectivity index (χ2n) is 10.0. The highest BCUT2D eigenvalue weighted by molar-refractivity contribution is 6.39. The van der Waals surface area contributed by atoms with E-state index in [0.29, 0.717) is 29.5 Å². The van der Waals surface area contributed by atoms with Gasteiger partial charge < -0.3 is 14.5 Å². The van der Waals surface area contributed by atoms with E-state index in [1.807, 2.05) is 17.0 Å². The Labute approximate surface area is 236 Å². The summed E-state index contributed by atoms with van der Waals surface area (Å²) in [5.41, 5.74) is 0.573. The lowest BCUT2D eigenvalue weighted by molar-refractivity contribution is -0.143. The normalized spacial score (nSPS) is 19.9. The summed E-state index contributed by atoms with van der Waals surface area (Å²) in [6.07, 6.45) is -0.476. The van der Waals surface area contributed by atoms with Gasteiger partial charge in [0.2, 0.25) is 0 Å². The van der Waals surface area contributed by atoms with Gasteiger partial charge >= 0.3 is 12.1 Å². The highest BCUT2D eigenvalue weighted by Crippen LogP contribution is 2.49. The highest BCUT2D eigenvalue weighted by atomic mass is 35.5. The van der Waals surface area contributed by atoms with Gasteiger partial charge in [0.1, 0.15) is 0 Å². The van der Waals surface area contributed by atoms with Crippen LogP contribution in [0.1, 0.15) is 12.5 Å². The lowest BCUT2D eigenvalue weighted by atomic mass is 9.67. The van der Waals surface area contributed by atoms with E-state index < -0.39 is 35.4 Å². The molecule has 3 aliphatic heterocycles. The number of rotatable bonds is 3. The standard InChI is InChI=1S/C30H27ClN4O5/c1-2-40-29(39)32-15-16-33-24-17-21(31)14-13-20(24)18-30(25(33)19-32)26(36)34(22-9-5-3-6-10-22)28(38)35(27(30)37)23-11-7-4-8-12-23/h3-14,17,25H,2,15-16,18-19H2,1H3/t25-/m1/s1. The third kappa shape index (κ3) is 3.92. The number of fused-ring (bicyclic) bond motifs is 4. The Balaban J connectivity index is 1.57. The van der Waals surface area contributed by atoms with Crippen molar-refractivity contribution in [3.63, 3.8) is 0 Å². The van der Waals surface area contributed by atoms with Crippen molar-refractivity contribution in [2.45, 2.75) is 19.4 Å². The van der Waals surface area contributed by atoms with E-state index >= 15 is 0 Å². The molecule has 9 nitrogen and oxygen atoms in total. The van der Waals surface area contributed by atoms with E-state index in [4.69, 9.17) is 16.3 Å². The maximum Gasteiger partial charge on any atom is 0.409 e. The first-order valence-corrected chi connectivity index (χ1v) is 13.5. The Morgan fingerprint density at radius 2 is 1.50 bits per heavy atom. The average Bonchev–Trinajstić information content (AvgIpc) is 2.97. The van der Waals surface area contributed by atoms with Gasteiger partial charge in [-0.25, -0.2) is 19.4 Å². The van der Waals surface area contributed by atoms with Crippen molar-refractivity contribution in [3.8, 4) is 0 Å². The number of hydrogen-bond acceptors (Lipinski definition) is 6. The molecular formula is C30H27ClN4O5. The van der Waals surface area contributed by atoms with Crippen LogP contribution < -0.4 is 14.7 Å². The van der Waals surface area contributed by atoms with Gasteiger partial charge in [-0.1, -0.05) is 54.1 Å². The number of benzene rings is 3. The van der Waals surface area contributed by atoms with Gasteiger partial charge in [-0.2, -0.15) is 0 Å². The Kier molecular flexibility index (Phi) is 6.46. The molecule has 6 rings (SSSR count). The van der Waals surface area contributed by atoms with Gasteiger partial charge in [0.25, 0.3) is 11.8 Å². The van der Waals surface area contributed by atoms with Crippen molar-refractivity contribution in [2.24, 2.45) is 5.41 Å². The number of hydrogen-bond donors (Lipinski definition) is 0. The predicted molar refractivity (Wildman–Crippen MR) is 151 cm³/mol. The van der Waals surface area contributed by atoms with Crippen LogP contribution in [0.25, 0.3) is 0 Å². The molecule has 204 valence electrons. The molecule has 0 aromatic heterocycles. The van der Waals surface area contributed by atoms with Crippen LogP contribution in [0.15, 0.2) is 78.9 Å². The second-order valence-corrected chi connectivity index (χ2v) is 10.4. The quantitative estimate of drug-likeness (QED) is 0.432. The van der Waals surface area contributed by atoms with Gasteiger partial charge in [0.05, 0.1) is 24.0 Å². The zero-order valence-electron chi connectivity index (χ0n) is 21.8. The molecule has 3 heterocycles. The number of amides is 5. The van der Waals surface area contributed by atoms with Crippen molar-refractivity contribution >= 4 is 52.6 Å². The highest BCUT2D eigenvalue weighted by Gasteiger charge is 2.66. The maximum atomic E-state index is 14.7. The van der Waals surface area contributed by atoms with Crippen LogP contribution in [0.2, 0.25) is 5.02 Å². The molecule has 0 unspecified atom stereocenters. The van der Waals surface area contributed by atoms with E-state index in [2.05, 4.69) is 0 Å². The van der Waals surface area contributed by atoms with Crippen molar-refractivity contribution < 1.29 is 23.9 Å². The SMILES string of the molecule is CCOC(=O)N1CCN2c3cc(Cl)ccc3CC3(C(=O)N(c4ccccc4)C(=O)N(c4ccccc4)C3=O)[C@H]2C1. The van der Waals surface area contributed by atoms with Gasteiger partial charge in [0.15, 0.2) is 5.41 Å². The van der Waals surface area contributed by atoms with Crippen LogP contribution >= 0.6 is 11.6 Å². The van der Waals surface area contributed by atoms with Crippen LogP contribution in [-0.4, -0.2) is 61.1 Å². The molecule has 0 N–H and O–H groups in total. The molecule has 1 atom stereocenters. The number of carbonyl (C=O) groups excluding carboxylic acids is 4. The summed E-state index contributed by atoms with van der Waals surface area (Å²) in [5.74, 6) is -1.25. The number of para-hydroxylation sites is 2. The molecule has 3 aromatic carbocycles. The maximum absolute atomic E-state index is 14.7. The van der Waals surface area contributed by atoms with E-state index in [1.54, 1.807) is 73.7 Å². The molecule has 1 spiro atoms. The molecule has 3 aliphatic rings. The summed E-state index contributed by atoms with van der Waals surface area (Å²) < 4.78 is 5.28. The van der Waals surface area contributed by atoms with Crippen molar-refractivity contribution in [3.05, 3.63) is 89.4 Å². The minimum absolute atomic E-state index is 0.0367. The third-order valence-electron chi connectivity index (χ3n) is 7.88. The summed E-state index contributed by atoms with van der Waals surface area (Å²) in [5, 5.41) is 0.523. The van der Waals surface area contributed by atoms with Gasteiger partial charge in [-0.3, -0.25) is 9.59 Å². The first-order valence-electron chi connectivity index (χ1n) is 13.2. The number of urea groups is 1. The Morgan fingerprint density at radius 1 is 0.900 bits per heavy atom. The first-order chi connectivity index (χ1) is 19.4. The number of barbiturate groups is 1. The molecular weight excluding hydrogens is 532 g/mol. The summed E-state index contributed by atoms with van der Waals surface area (Å²) >= 11 is 6.38. The number of piperazine rings is 1. The minimum atomic E-state index is -1.72. The monoisotopic (exact) mass is 558 g/mol. The average molecular weight is 559 g/mol. The zero-order valence-corrected chi connectivity index (χ0v) is 22.6. The van der Waals surface area contributed by atoms with Crippen LogP contribution in [-0.2, 0) is 20.7 Å². The summed E-state index contributed by atoms with van der Waals surface area (Å²) in [6, 6.07) is 21.1. The van der Waals surface area contributed by atoms with E-state index in [-0.39, 0.29) is 19.6 Å². The van der Waals surface area contributed by atoms with Crippen LogP contribution in [0.5, 0.6) is 0 Å². The second kappa shape index (κ2) is 9.98. The Bertz CT molecular complexity index is 1440. The van der Waals surface area contributed by atoms with Crippen molar-refractivity contribution in [1.29, 1.82) is 0 Å². The summed E-state index contributed by atoms with van der Waals surface area (Å²) in [4.78, 5) is 61.9.